The van der Waals surface area contributed by atoms with E-state index in [2.05, 4.69) is 5.32 Å². The van der Waals surface area contributed by atoms with Gasteiger partial charge in [-0.15, -0.1) is 0 Å². The van der Waals surface area contributed by atoms with Gasteiger partial charge >= 0.3 is 0 Å². The molecule has 0 bridgehead atoms. The van der Waals surface area contributed by atoms with Crippen LogP contribution in [-0.4, -0.2) is 23.3 Å². The highest BCUT2D eigenvalue weighted by molar-refractivity contribution is 5.89. The second kappa shape index (κ2) is 10.6. The van der Waals surface area contributed by atoms with Gasteiger partial charge in [0.25, 0.3) is 0 Å². The highest BCUT2D eigenvalue weighted by Gasteiger charge is 2.32. The normalized spacial score (nSPS) is 14.6. The number of rotatable bonds is 8. The van der Waals surface area contributed by atoms with Crippen LogP contribution in [0.5, 0.6) is 5.75 Å². The highest BCUT2D eigenvalue weighted by atomic mass is 16.5. The monoisotopic (exact) mass is 428 g/mol. The van der Waals surface area contributed by atoms with Gasteiger partial charge in [-0.3, -0.25) is 9.59 Å². The molecule has 2 amide bonds. The molecule has 1 atom stereocenters. The largest absolute Gasteiger partial charge is 0.489 e. The molecule has 164 valence electrons. The summed E-state index contributed by atoms with van der Waals surface area (Å²) < 4.78 is 5.83. The minimum absolute atomic E-state index is 0.0420. The summed E-state index contributed by atoms with van der Waals surface area (Å²) in [6.45, 7) is 1.46. The lowest BCUT2D eigenvalue weighted by Crippen LogP contribution is -2.45. The molecule has 3 aromatic carbocycles. The summed E-state index contributed by atoms with van der Waals surface area (Å²) in [4.78, 5) is 27.5. The molecule has 0 aromatic heterocycles. The Hall–Kier alpha value is -3.60. The molecule has 5 nitrogen and oxygen atoms in total. The number of hydrogen-bond acceptors (Lipinski definition) is 3. The molecular formula is C27H28N2O3. The molecule has 4 rings (SSSR count). The molecule has 1 heterocycles. The Morgan fingerprint density at radius 1 is 0.906 bits per heavy atom. The minimum atomic E-state index is -0.603. The molecule has 3 aromatic rings. The first-order chi connectivity index (χ1) is 15.7. The second-order valence-corrected chi connectivity index (χ2v) is 8.00. The Kier molecular flexibility index (Phi) is 7.18. The van der Waals surface area contributed by atoms with Gasteiger partial charge in [0.1, 0.15) is 18.4 Å². The average molecular weight is 429 g/mol. The second-order valence-electron chi connectivity index (χ2n) is 8.00. The molecule has 1 aliphatic heterocycles. The third-order valence-electron chi connectivity index (χ3n) is 5.64. The summed E-state index contributed by atoms with van der Waals surface area (Å²) in [5, 5.41) is 3.04. The van der Waals surface area contributed by atoms with Crippen molar-refractivity contribution in [3.05, 3.63) is 102 Å². The van der Waals surface area contributed by atoms with Gasteiger partial charge in [0.2, 0.25) is 11.8 Å². The van der Waals surface area contributed by atoms with E-state index in [0.717, 1.165) is 35.3 Å². The SMILES string of the molecule is O=C(NCc1cccc(COc2ccccc2)c1)C(c1ccccc1)N1CCCCC1=O. The number of carbonyl (C=O) groups is 2. The Labute approximate surface area is 189 Å². The summed E-state index contributed by atoms with van der Waals surface area (Å²) in [5.74, 6) is 0.709. The van der Waals surface area contributed by atoms with Gasteiger partial charge in [-0.2, -0.15) is 0 Å². The van der Waals surface area contributed by atoms with Crippen molar-refractivity contribution in [1.29, 1.82) is 0 Å². The number of benzene rings is 3. The van der Waals surface area contributed by atoms with E-state index in [1.165, 1.54) is 0 Å². The fraction of sp³-hybridized carbons (Fsp3) is 0.259. The maximum absolute atomic E-state index is 13.2. The van der Waals surface area contributed by atoms with Gasteiger partial charge in [-0.25, -0.2) is 0 Å². The number of amides is 2. The van der Waals surface area contributed by atoms with E-state index in [-0.39, 0.29) is 11.8 Å². The topological polar surface area (TPSA) is 58.6 Å². The van der Waals surface area contributed by atoms with Crippen LogP contribution in [0.4, 0.5) is 0 Å². The lowest BCUT2D eigenvalue weighted by molar-refractivity contribution is -0.142. The van der Waals surface area contributed by atoms with E-state index >= 15 is 0 Å². The van der Waals surface area contributed by atoms with Crippen LogP contribution in [0.15, 0.2) is 84.9 Å². The Morgan fingerprint density at radius 2 is 1.62 bits per heavy atom. The van der Waals surface area contributed by atoms with Crippen LogP contribution in [-0.2, 0) is 22.7 Å². The molecule has 1 saturated heterocycles. The van der Waals surface area contributed by atoms with Crippen molar-refractivity contribution in [2.75, 3.05) is 6.54 Å². The summed E-state index contributed by atoms with van der Waals surface area (Å²) >= 11 is 0. The molecule has 32 heavy (non-hydrogen) atoms. The molecule has 1 fully saturated rings. The van der Waals surface area contributed by atoms with Gasteiger partial charge in [0.15, 0.2) is 0 Å². The molecule has 1 N–H and O–H groups in total. The van der Waals surface area contributed by atoms with Gasteiger partial charge in [-0.05, 0) is 41.7 Å². The summed E-state index contributed by atoms with van der Waals surface area (Å²) in [6.07, 6.45) is 2.31. The predicted octanol–water partition coefficient (Wildman–Crippen LogP) is 4.64. The van der Waals surface area contributed by atoms with Gasteiger partial charge < -0.3 is 15.0 Å². The quantitative estimate of drug-likeness (QED) is 0.569. The fourth-order valence-corrected chi connectivity index (χ4v) is 4.01. The number of para-hydroxylation sites is 1. The smallest absolute Gasteiger partial charge is 0.247 e. The van der Waals surface area contributed by atoms with Crippen LogP contribution >= 0.6 is 0 Å². The van der Waals surface area contributed by atoms with Crippen LogP contribution in [0.1, 0.15) is 42.0 Å². The van der Waals surface area contributed by atoms with Crippen LogP contribution < -0.4 is 10.1 Å². The number of carbonyl (C=O) groups excluding carboxylic acids is 2. The van der Waals surface area contributed by atoms with Crippen molar-refractivity contribution in [3.63, 3.8) is 0 Å². The Bertz CT molecular complexity index is 1040. The van der Waals surface area contributed by atoms with E-state index in [4.69, 9.17) is 4.74 Å². The number of piperidine rings is 1. The van der Waals surface area contributed by atoms with Crippen LogP contribution in [0.3, 0.4) is 0 Å². The molecule has 0 saturated carbocycles. The van der Waals surface area contributed by atoms with E-state index in [9.17, 15) is 9.59 Å². The van der Waals surface area contributed by atoms with Gasteiger partial charge in [0, 0.05) is 19.5 Å². The third-order valence-corrected chi connectivity index (χ3v) is 5.64. The summed E-state index contributed by atoms with van der Waals surface area (Å²) in [7, 11) is 0. The maximum atomic E-state index is 13.2. The van der Waals surface area contributed by atoms with Crippen LogP contribution in [0.25, 0.3) is 0 Å². The van der Waals surface area contributed by atoms with Gasteiger partial charge in [-0.1, -0.05) is 72.8 Å². The molecule has 1 aliphatic rings. The van der Waals surface area contributed by atoms with Gasteiger partial charge in [0.05, 0.1) is 0 Å². The zero-order chi connectivity index (χ0) is 22.2. The lowest BCUT2D eigenvalue weighted by atomic mass is 10.0. The molecule has 0 spiro atoms. The van der Waals surface area contributed by atoms with E-state index in [0.29, 0.717) is 26.1 Å². The van der Waals surface area contributed by atoms with E-state index in [1.807, 2.05) is 84.9 Å². The number of likely N-dealkylation sites (tertiary alicyclic amines) is 1. The van der Waals surface area contributed by atoms with Crippen molar-refractivity contribution in [2.24, 2.45) is 0 Å². The molecule has 1 unspecified atom stereocenters. The number of nitrogens with zero attached hydrogens (tertiary/aromatic N) is 1. The van der Waals surface area contributed by atoms with Crippen molar-refractivity contribution in [3.8, 4) is 5.75 Å². The molecule has 5 heteroatoms. The van der Waals surface area contributed by atoms with Crippen molar-refractivity contribution < 1.29 is 14.3 Å². The van der Waals surface area contributed by atoms with E-state index in [1.54, 1.807) is 4.90 Å². The summed E-state index contributed by atoms with van der Waals surface area (Å²) in [5.41, 5.74) is 2.86. The standard InChI is InChI=1S/C27H28N2O3/c30-25-16-7-8-17-29(25)26(23-12-3-1-4-13-23)27(31)28-19-21-10-9-11-22(18-21)20-32-24-14-5-2-6-15-24/h1-6,9-15,18,26H,7-8,16-17,19-20H2,(H,28,31). The first-order valence-corrected chi connectivity index (χ1v) is 11.1. The number of ether oxygens (including phenoxy) is 1. The van der Waals surface area contributed by atoms with Crippen molar-refractivity contribution >= 4 is 11.8 Å². The van der Waals surface area contributed by atoms with Crippen molar-refractivity contribution in [2.45, 2.75) is 38.5 Å². The summed E-state index contributed by atoms with van der Waals surface area (Å²) in [6, 6.07) is 26.6. The van der Waals surface area contributed by atoms with Crippen molar-refractivity contribution in [1.82, 2.24) is 10.2 Å². The Balaban J connectivity index is 1.42. The maximum Gasteiger partial charge on any atom is 0.247 e. The molecule has 0 radical (unpaired) electrons. The van der Waals surface area contributed by atoms with Crippen LogP contribution in [0, 0.1) is 0 Å². The zero-order valence-electron chi connectivity index (χ0n) is 18.1. The molecule has 0 aliphatic carbocycles. The number of nitrogens with one attached hydrogen (secondary N) is 1. The average Bonchev–Trinajstić information content (AvgIpc) is 2.84. The highest BCUT2D eigenvalue weighted by Crippen LogP contribution is 2.26. The first kappa shape index (κ1) is 21.6. The van der Waals surface area contributed by atoms with E-state index < -0.39 is 6.04 Å². The Morgan fingerprint density at radius 3 is 2.38 bits per heavy atom. The third kappa shape index (κ3) is 5.55. The first-order valence-electron chi connectivity index (χ1n) is 11.1. The minimum Gasteiger partial charge on any atom is -0.489 e. The number of hydrogen-bond donors (Lipinski definition) is 1. The van der Waals surface area contributed by atoms with Crippen LogP contribution in [0.2, 0.25) is 0 Å². The lowest BCUT2D eigenvalue weighted by Gasteiger charge is -2.34. The molecular weight excluding hydrogens is 400 g/mol. The zero-order valence-corrected chi connectivity index (χ0v) is 18.1. The predicted molar refractivity (Wildman–Crippen MR) is 124 cm³/mol. The fourth-order valence-electron chi connectivity index (χ4n) is 4.01.